The molecule has 0 radical (unpaired) electrons. The van der Waals surface area contributed by atoms with Crippen LogP contribution in [0, 0.1) is 12.3 Å². The molecule has 1 atom stereocenters. The monoisotopic (exact) mass is 566 g/mol. The molecule has 0 bridgehead atoms. The van der Waals surface area contributed by atoms with Crippen molar-refractivity contribution in [3.05, 3.63) is 100 Å². The van der Waals surface area contributed by atoms with Gasteiger partial charge in [-0.05, 0) is 81.8 Å². The third-order valence-electron chi connectivity index (χ3n) is 8.71. The van der Waals surface area contributed by atoms with E-state index in [1.807, 2.05) is 0 Å². The van der Waals surface area contributed by atoms with Crippen molar-refractivity contribution in [3.8, 4) is 5.75 Å². The minimum atomic E-state index is -0.0203. The second-order valence-corrected chi connectivity index (χ2v) is 13.6. The molecule has 5 nitrogen and oxygen atoms in total. The number of pyridine rings is 1. The molecule has 1 aromatic heterocycles. The summed E-state index contributed by atoms with van der Waals surface area (Å²) < 4.78 is 11.2. The van der Waals surface area contributed by atoms with Gasteiger partial charge in [-0.3, -0.25) is 9.78 Å². The number of Topliss-reactive ketones (excluding diaryl/α,β-unsaturated/α-hetero) is 1. The van der Waals surface area contributed by atoms with Crippen LogP contribution in [0.5, 0.6) is 5.75 Å². The molecule has 0 amide bonds. The van der Waals surface area contributed by atoms with Gasteiger partial charge in [-0.15, -0.1) is 0 Å². The first kappa shape index (κ1) is 30.2. The van der Waals surface area contributed by atoms with Crippen LogP contribution < -0.4 is 4.74 Å². The molecule has 3 aromatic rings. The van der Waals surface area contributed by atoms with Crippen LogP contribution in [0.3, 0.4) is 0 Å². The first-order chi connectivity index (χ1) is 19.9. The van der Waals surface area contributed by atoms with E-state index in [9.17, 15) is 4.79 Å². The number of allylic oxidation sites excluding steroid dienone is 1. The topological polar surface area (TPSA) is 51.7 Å². The van der Waals surface area contributed by atoms with Gasteiger partial charge in [-0.2, -0.15) is 0 Å². The first-order valence-electron chi connectivity index (χ1n) is 15.3. The molecule has 5 heteroatoms. The van der Waals surface area contributed by atoms with Crippen LogP contribution in [-0.2, 0) is 4.74 Å². The molecule has 42 heavy (non-hydrogen) atoms. The molecule has 3 fully saturated rings. The Bertz CT molecular complexity index is 1410. The minimum Gasteiger partial charge on any atom is -0.489 e. The highest BCUT2D eigenvalue weighted by Gasteiger charge is 2.49. The Labute approximate surface area is 252 Å². The van der Waals surface area contributed by atoms with Gasteiger partial charge in [-0.25, -0.2) is 0 Å². The summed E-state index contributed by atoms with van der Waals surface area (Å²) in [6.45, 7) is 15.4. The Morgan fingerprint density at radius 3 is 2.12 bits per heavy atom. The van der Waals surface area contributed by atoms with E-state index in [0.717, 1.165) is 6.42 Å². The van der Waals surface area contributed by atoms with Gasteiger partial charge in [0.25, 0.3) is 0 Å². The van der Waals surface area contributed by atoms with Crippen molar-refractivity contribution in [2.45, 2.75) is 78.4 Å². The zero-order chi connectivity index (χ0) is 30.1. The van der Waals surface area contributed by atoms with Crippen LogP contribution in [0.1, 0.15) is 92.4 Å². The van der Waals surface area contributed by atoms with E-state index in [-0.39, 0.29) is 17.5 Å². The van der Waals surface area contributed by atoms with Crippen molar-refractivity contribution < 1.29 is 14.3 Å². The number of hydrogen-bond donors (Lipinski definition) is 0. The number of nitrogens with zero attached hydrogens (tertiary/aromatic N) is 2. The summed E-state index contributed by atoms with van der Waals surface area (Å²) in [6.07, 6.45) is 6.83. The molecule has 2 aliphatic heterocycles. The summed E-state index contributed by atoms with van der Waals surface area (Å²) in [5, 5.41) is 0. The predicted octanol–water partition coefficient (Wildman–Crippen LogP) is 7.88. The molecular formula is C37H46N2O3. The van der Waals surface area contributed by atoms with Gasteiger partial charge in [0.1, 0.15) is 12.4 Å². The quantitative estimate of drug-likeness (QED) is 0.272. The van der Waals surface area contributed by atoms with E-state index >= 15 is 0 Å². The van der Waals surface area contributed by atoms with Gasteiger partial charge >= 0.3 is 0 Å². The van der Waals surface area contributed by atoms with Crippen LogP contribution in [0.4, 0.5) is 0 Å². The van der Waals surface area contributed by atoms with E-state index < -0.39 is 0 Å². The second kappa shape index (κ2) is 12.1. The molecule has 3 heterocycles. The molecule has 1 aliphatic carbocycles. The number of rotatable bonds is 7. The van der Waals surface area contributed by atoms with Gasteiger partial charge in [0.05, 0.1) is 17.9 Å². The van der Waals surface area contributed by atoms with Gasteiger partial charge < -0.3 is 14.4 Å². The smallest absolute Gasteiger partial charge is 0.161 e. The molecule has 6 rings (SSSR count). The van der Waals surface area contributed by atoms with Crippen molar-refractivity contribution >= 4 is 11.4 Å². The normalized spacial score (nSPS) is 20.1. The standard InChI is InChI=1S/C24H29N.C13H17NO3/c1-17(2)19-9-11-21(12-10-19)23(20-7-5-18(3)6-8-20)22-13-24(14-22)15-25(4)16-24;1-9(15)10-4-11(7-14-6-10)16-8-12-5-13(2,3)17-12/h5-12,17H,13-16H2,1-4H3;4,6-7,12H,5,8H2,1-3H3. The highest BCUT2D eigenvalue weighted by atomic mass is 16.6. The van der Waals surface area contributed by atoms with Crippen molar-refractivity contribution in [2.24, 2.45) is 5.41 Å². The maximum Gasteiger partial charge on any atom is 0.161 e. The fraction of sp³-hybridized carbons (Fsp3) is 0.459. The van der Waals surface area contributed by atoms with Crippen molar-refractivity contribution in [1.82, 2.24) is 9.88 Å². The van der Waals surface area contributed by atoms with Crippen LogP contribution in [0.15, 0.2) is 72.6 Å². The number of carbonyl (C=O) groups is 1. The molecular weight excluding hydrogens is 520 g/mol. The molecule has 222 valence electrons. The lowest BCUT2D eigenvalue weighted by Crippen LogP contribution is -2.58. The lowest BCUT2D eigenvalue weighted by Gasteiger charge is -2.56. The average molecular weight is 567 g/mol. The largest absolute Gasteiger partial charge is 0.489 e. The van der Waals surface area contributed by atoms with Crippen LogP contribution in [0.2, 0.25) is 0 Å². The maximum atomic E-state index is 11.2. The second-order valence-electron chi connectivity index (χ2n) is 13.6. The van der Waals surface area contributed by atoms with E-state index in [1.54, 1.807) is 17.8 Å². The predicted molar refractivity (Wildman–Crippen MR) is 170 cm³/mol. The lowest BCUT2D eigenvalue weighted by atomic mass is 9.59. The summed E-state index contributed by atoms with van der Waals surface area (Å²) in [6, 6.07) is 20.1. The lowest BCUT2D eigenvalue weighted by molar-refractivity contribution is -0.194. The third-order valence-corrected chi connectivity index (χ3v) is 8.71. The number of ketones is 1. The van der Waals surface area contributed by atoms with Gasteiger partial charge in [0.2, 0.25) is 0 Å². The van der Waals surface area contributed by atoms with E-state index in [1.165, 1.54) is 66.9 Å². The van der Waals surface area contributed by atoms with Crippen LogP contribution in [-0.4, -0.2) is 54.1 Å². The number of benzene rings is 2. The van der Waals surface area contributed by atoms with E-state index in [2.05, 4.69) is 100 Å². The Hall–Kier alpha value is -3.28. The molecule has 2 saturated heterocycles. The van der Waals surface area contributed by atoms with Crippen molar-refractivity contribution in [2.75, 3.05) is 26.7 Å². The zero-order valence-corrected chi connectivity index (χ0v) is 26.4. The number of aromatic nitrogens is 1. The Balaban J connectivity index is 0.000000181. The SMILES string of the molecule is CC(=O)c1cncc(OCC2CC(C)(C)O2)c1.Cc1ccc(C(=C2CC3(C2)CN(C)C3)c2ccc(C(C)C)cc2)cc1. The number of aryl methyl sites for hydroxylation is 1. The van der Waals surface area contributed by atoms with Crippen LogP contribution >= 0.6 is 0 Å². The fourth-order valence-corrected chi connectivity index (χ4v) is 6.64. The molecule has 2 aromatic carbocycles. The first-order valence-corrected chi connectivity index (χ1v) is 15.3. The van der Waals surface area contributed by atoms with Crippen molar-refractivity contribution in [1.29, 1.82) is 0 Å². The summed E-state index contributed by atoms with van der Waals surface area (Å²) >= 11 is 0. The summed E-state index contributed by atoms with van der Waals surface area (Å²) in [4.78, 5) is 17.6. The third kappa shape index (κ3) is 7.02. The molecule has 0 N–H and O–H groups in total. The van der Waals surface area contributed by atoms with E-state index in [4.69, 9.17) is 9.47 Å². The maximum absolute atomic E-state index is 11.2. The van der Waals surface area contributed by atoms with Crippen LogP contribution in [0.25, 0.3) is 5.57 Å². The highest BCUT2D eigenvalue weighted by Crippen LogP contribution is 2.54. The minimum absolute atomic E-state index is 0.0102. The summed E-state index contributed by atoms with van der Waals surface area (Å²) in [5.41, 5.74) is 9.76. The highest BCUT2D eigenvalue weighted by molar-refractivity contribution is 5.94. The number of carbonyl (C=O) groups excluding carboxylic acids is 1. The Morgan fingerprint density at radius 2 is 1.60 bits per heavy atom. The number of hydrogen-bond acceptors (Lipinski definition) is 5. The molecule has 1 saturated carbocycles. The molecule has 1 spiro atoms. The van der Waals surface area contributed by atoms with Gasteiger partial charge in [0.15, 0.2) is 5.78 Å². The molecule has 3 aliphatic rings. The summed E-state index contributed by atoms with van der Waals surface area (Å²) in [5.74, 6) is 1.19. The van der Waals surface area contributed by atoms with Gasteiger partial charge in [-0.1, -0.05) is 73.5 Å². The Morgan fingerprint density at radius 1 is 1.00 bits per heavy atom. The van der Waals surface area contributed by atoms with Crippen molar-refractivity contribution in [3.63, 3.8) is 0 Å². The van der Waals surface area contributed by atoms with E-state index in [0.29, 0.717) is 29.3 Å². The zero-order valence-electron chi connectivity index (χ0n) is 26.4. The Kier molecular flexibility index (Phi) is 8.73. The van der Waals surface area contributed by atoms with Gasteiger partial charge in [0, 0.05) is 36.7 Å². The number of ether oxygens (including phenoxy) is 2. The fourth-order valence-electron chi connectivity index (χ4n) is 6.64. The average Bonchev–Trinajstić information content (AvgIpc) is 2.90. The molecule has 1 unspecified atom stereocenters. The summed E-state index contributed by atoms with van der Waals surface area (Å²) in [7, 11) is 2.23. The number of likely N-dealkylation sites (tertiary alicyclic amines) is 1.